The number of ether oxygens (including phenoxy) is 2. The molecule has 3 rings (SSSR count). The lowest BCUT2D eigenvalue weighted by Gasteiger charge is -2.21. The smallest absolute Gasteiger partial charge is 0.0701 e. The second-order valence-electron chi connectivity index (χ2n) is 4.86. The molecule has 3 atom stereocenters. The van der Waals surface area contributed by atoms with E-state index < -0.39 is 0 Å². The monoisotopic (exact) mass is 197 g/mol. The van der Waals surface area contributed by atoms with Crippen LogP contribution < -0.4 is 5.32 Å². The molecule has 1 heterocycles. The van der Waals surface area contributed by atoms with Gasteiger partial charge in [-0.15, -0.1) is 0 Å². The van der Waals surface area contributed by atoms with Crippen LogP contribution in [0.1, 0.15) is 19.3 Å². The van der Waals surface area contributed by atoms with Crippen molar-refractivity contribution in [1.29, 1.82) is 0 Å². The van der Waals surface area contributed by atoms with Gasteiger partial charge in [-0.2, -0.15) is 0 Å². The third kappa shape index (κ3) is 1.81. The highest BCUT2D eigenvalue weighted by Crippen LogP contribution is 2.51. The van der Waals surface area contributed by atoms with Gasteiger partial charge in [0.15, 0.2) is 0 Å². The van der Waals surface area contributed by atoms with Gasteiger partial charge < -0.3 is 14.8 Å². The summed E-state index contributed by atoms with van der Waals surface area (Å²) >= 11 is 0. The first-order chi connectivity index (χ1) is 6.93. The van der Waals surface area contributed by atoms with E-state index in [2.05, 4.69) is 5.32 Å². The van der Waals surface area contributed by atoms with Crippen LogP contribution in [0.15, 0.2) is 0 Å². The van der Waals surface area contributed by atoms with E-state index in [1.54, 1.807) is 0 Å². The van der Waals surface area contributed by atoms with Crippen LogP contribution in [0, 0.1) is 11.8 Å². The van der Waals surface area contributed by atoms with Crippen molar-refractivity contribution in [2.45, 2.75) is 31.3 Å². The van der Waals surface area contributed by atoms with Crippen LogP contribution >= 0.6 is 0 Å². The molecule has 0 spiro atoms. The Hall–Kier alpha value is -0.120. The van der Waals surface area contributed by atoms with Gasteiger partial charge in [0.25, 0.3) is 0 Å². The minimum atomic E-state index is 0.432. The molecule has 2 aliphatic carbocycles. The molecule has 3 heteroatoms. The maximum atomic E-state index is 5.48. The molecule has 1 aliphatic heterocycles. The summed E-state index contributed by atoms with van der Waals surface area (Å²) < 4.78 is 11.0. The van der Waals surface area contributed by atoms with Crippen LogP contribution in [0.3, 0.4) is 0 Å². The summed E-state index contributed by atoms with van der Waals surface area (Å²) in [6, 6.07) is 1.19. The van der Waals surface area contributed by atoms with Crippen molar-refractivity contribution < 1.29 is 9.47 Å². The van der Waals surface area contributed by atoms with E-state index in [9.17, 15) is 0 Å². The predicted octanol–water partition coefficient (Wildman–Crippen LogP) is 0.790. The van der Waals surface area contributed by atoms with Gasteiger partial charge >= 0.3 is 0 Å². The molecule has 0 aromatic heterocycles. The number of nitrogens with one attached hydrogen (secondary N) is 1. The third-order valence-corrected chi connectivity index (χ3v) is 3.80. The Morgan fingerprint density at radius 3 is 2.36 bits per heavy atom. The van der Waals surface area contributed by atoms with Crippen LogP contribution in [-0.4, -0.2) is 38.5 Å². The van der Waals surface area contributed by atoms with E-state index in [0.29, 0.717) is 6.04 Å². The number of hydrogen-bond donors (Lipinski definition) is 1. The molecule has 2 saturated carbocycles. The highest BCUT2D eigenvalue weighted by atomic mass is 16.5. The van der Waals surface area contributed by atoms with E-state index in [-0.39, 0.29) is 0 Å². The first-order valence-corrected chi connectivity index (χ1v) is 5.85. The van der Waals surface area contributed by atoms with Crippen molar-refractivity contribution in [3.63, 3.8) is 0 Å². The molecule has 14 heavy (non-hydrogen) atoms. The van der Waals surface area contributed by atoms with Crippen molar-refractivity contribution in [3.05, 3.63) is 0 Å². The molecule has 3 unspecified atom stereocenters. The molecule has 1 N–H and O–H groups in total. The fraction of sp³-hybridized carbons (Fsp3) is 1.00. The summed E-state index contributed by atoms with van der Waals surface area (Å²) in [5.41, 5.74) is 0. The minimum Gasteiger partial charge on any atom is -0.377 e. The Kier molecular flexibility index (Phi) is 2.48. The lowest BCUT2D eigenvalue weighted by Crippen LogP contribution is -2.43. The standard InChI is InChI=1S/C11H19NO2/c1-2-11(10-5-8(1)10)12-9-6-13-3-4-14-7-9/h8-12H,1-7H2. The Labute approximate surface area is 85.1 Å². The maximum Gasteiger partial charge on any atom is 0.0701 e. The fourth-order valence-electron chi connectivity index (χ4n) is 2.93. The minimum absolute atomic E-state index is 0.432. The normalized spacial score (nSPS) is 43.3. The molecule has 3 nitrogen and oxygen atoms in total. The lowest BCUT2D eigenvalue weighted by molar-refractivity contribution is 0.103. The van der Waals surface area contributed by atoms with E-state index in [4.69, 9.17) is 9.47 Å². The average Bonchev–Trinajstić information content (AvgIpc) is 2.91. The largest absolute Gasteiger partial charge is 0.377 e. The van der Waals surface area contributed by atoms with Gasteiger partial charge in [-0.1, -0.05) is 0 Å². The molecule has 0 aromatic carbocycles. The van der Waals surface area contributed by atoms with E-state index >= 15 is 0 Å². The summed E-state index contributed by atoms with van der Waals surface area (Å²) in [5, 5.41) is 3.70. The van der Waals surface area contributed by atoms with Crippen molar-refractivity contribution in [2.75, 3.05) is 26.4 Å². The van der Waals surface area contributed by atoms with Crippen LogP contribution in [-0.2, 0) is 9.47 Å². The molecular weight excluding hydrogens is 178 g/mol. The zero-order valence-electron chi connectivity index (χ0n) is 8.58. The van der Waals surface area contributed by atoms with Crippen molar-refractivity contribution in [1.82, 2.24) is 5.32 Å². The molecule has 0 aromatic rings. The number of hydrogen-bond acceptors (Lipinski definition) is 3. The third-order valence-electron chi connectivity index (χ3n) is 3.80. The highest BCUT2D eigenvalue weighted by molar-refractivity contribution is 5.02. The second kappa shape index (κ2) is 3.80. The Morgan fingerprint density at radius 2 is 1.79 bits per heavy atom. The Morgan fingerprint density at radius 1 is 1.00 bits per heavy atom. The zero-order valence-corrected chi connectivity index (χ0v) is 8.58. The lowest BCUT2D eigenvalue weighted by atomic mass is 10.1. The van der Waals surface area contributed by atoms with Gasteiger partial charge in [-0.3, -0.25) is 0 Å². The van der Waals surface area contributed by atoms with Crippen molar-refractivity contribution in [3.8, 4) is 0 Å². The van der Waals surface area contributed by atoms with E-state index in [1.165, 1.54) is 19.3 Å². The van der Waals surface area contributed by atoms with Gasteiger partial charge in [0.05, 0.1) is 32.5 Å². The summed E-state index contributed by atoms with van der Waals surface area (Å²) in [6.07, 6.45) is 4.27. The Balaban J connectivity index is 1.50. The predicted molar refractivity (Wildman–Crippen MR) is 53.2 cm³/mol. The molecule has 0 amide bonds. The maximum absolute atomic E-state index is 5.48. The first kappa shape index (κ1) is 9.13. The van der Waals surface area contributed by atoms with Crippen LogP contribution in [0.5, 0.6) is 0 Å². The average molecular weight is 197 g/mol. The Bertz CT molecular complexity index is 201. The molecule has 1 saturated heterocycles. The molecule has 0 radical (unpaired) electrons. The van der Waals surface area contributed by atoms with Gasteiger partial charge in [0.1, 0.15) is 0 Å². The van der Waals surface area contributed by atoms with Crippen LogP contribution in [0.2, 0.25) is 0 Å². The van der Waals surface area contributed by atoms with Crippen molar-refractivity contribution in [2.24, 2.45) is 11.8 Å². The summed E-state index contributed by atoms with van der Waals surface area (Å²) in [4.78, 5) is 0. The van der Waals surface area contributed by atoms with Gasteiger partial charge in [0.2, 0.25) is 0 Å². The summed E-state index contributed by atoms with van der Waals surface area (Å²) in [6.45, 7) is 3.17. The molecule has 3 aliphatic rings. The summed E-state index contributed by atoms with van der Waals surface area (Å²) in [5.74, 6) is 2.04. The van der Waals surface area contributed by atoms with Crippen molar-refractivity contribution >= 4 is 0 Å². The van der Waals surface area contributed by atoms with E-state index in [1.807, 2.05) is 0 Å². The van der Waals surface area contributed by atoms with Gasteiger partial charge in [-0.05, 0) is 31.1 Å². The first-order valence-electron chi connectivity index (χ1n) is 5.85. The number of fused-ring (bicyclic) bond motifs is 1. The zero-order chi connectivity index (χ0) is 9.38. The molecular formula is C11H19NO2. The van der Waals surface area contributed by atoms with Crippen LogP contribution in [0.4, 0.5) is 0 Å². The van der Waals surface area contributed by atoms with Gasteiger partial charge in [-0.25, -0.2) is 0 Å². The molecule has 0 bridgehead atoms. The van der Waals surface area contributed by atoms with Crippen LogP contribution in [0.25, 0.3) is 0 Å². The van der Waals surface area contributed by atoms with E-state index in [0.717, 1.165) is 44.3 Å². The quantitative estimate of drug-likeness (QED) is 0.710. The molecule has 80 valence electrons. The number of rotatable bonds is 2. The second-order valence-corrected chi connectivity index (χ2v) is 4.86. The summed E-state index contributed by atoms with van der Waals surface area (Å²) in [7, 11) is 0. The SMILES string of the molecule is C1COCC(NC2CCC3CC32)CO1. The molecule has 3 fully saturated rings. The topological polar surface area (TPSA) is 30.5 Å². The highest BCUT2D eigenvalue weighted by Gasteiger charge is 2.48. The fourth-order valence-corrected chi connectivity index (χ4v) is 2.93. The van der Waals surface area contributed by atoms with Gasteiger partial charge in [0, 0.05) is 6.04 Å².